The molecule has 1 rings (SSSR count). The number of esters is 1. The van der Waals surface area contributed by atoms with E-state index >= 15 is 0 Å². The maximum absolute atomic E-state index is 11.6. The molecule has 0 amide bonds. The van der Waals surface area contributed by atoms with Crippen molar-refractivity contribution in [3.8, 4) is 0 Å². The third kappa shape index (κ3) is 3.73. The zero-order chi connectivity index (χ0) is 12.0. The average molecular weight is 230 g/mol. The van der Waals surface area contributed by atoms with Gasteiger partial charge in [0.15, 0.2) is 0 Å². The Bertz CT molecular complexity index is 223. The summed E-state index contributed by atoms with van der Waals surface area (Å²) in [6.07, 6.45) is 0. The minimum Gasteiger partial charge on any atom is -0.465 e. The van der Waals surface area contributed by atoms with Crippen LogP contribution in [0.3, 0.4) is 0 Å². The fourth-order valence-electron chi connectivity index (χ4n) is 1.79. The molecule has 0 aliphatic carbocycles. The first-order valence-electron chi connectivity index (χ1n) is 5.84. The van der Waals surface area contributed by atoms with Crippen molar-refractivity contribution in [1.82, 2.24) is 10.2 Å². The van der Waals surface area contributed by atoms with E-state index in [1.807, 2.05) is 6.92 Å². The van der Waals surface area contributed by atoms with Gasteiger partial charge in [-0.25, -0.2) is 0 Å². The van der Waals surface area contributed by atoms with Gasteiger partial charge in [-0.05, 0) is 20.9 Å². The normalized spacial score (nSPS) is 24.1. The van der Waals surface area contributed by atoms with Gasteiger partial charge in [0.05, 0.1) is 19.8 Å². The quantitative estimate of drug-likeness (QED) is 0.666. The molecule has 1 saturated heterocycles. The zero-order valence-corrected chi connectivity index (χ0v) is 10.4. The maximum Gasteiger partial charge on any atom is 0.324 e. The molecule has 1 fully saturated rings. The predicted molar refractivity (Wildman–Crippen MR) is 61.3 cm³/mol. The number of nitrogens with one attached hydrogen (secondary N) is 1. The highest BCUT2D eigenvalue weighted by Gasteiger charge is 2.25. The van der Waals surface area contributed by atoms with Gasteiger partial charge in [0.25, 0.3) is 0 Å². The molecule has 1 heterocycles. The standard InChI is InChI=1S/C11H22N2O3/c1-4-16-11(14)10(12-3)7-13-5-6-15-8-9(13)2/h9-10,12H,4-8H2,1-3H3. The van der Waals surface area contributed by atoms with E-state index in [9.17, 15) is 4.79 Å². The number of nitrogens with zero attached hydrogens (tertiary/aromatic N) is 1. The molecule has 1 N–H and O–H groups in total. The van der Waals surface area contributed by atoms with E-state index in [0.29, 0.717) is 19.2 Å². The van der Waals surface area contributed by atoms with Crippen LogP contribution in [0, 0.1) is 0 Å². The number of hydrogen-bond donors (Lipinski definition) is 1. The van der Waals surface area contributed by atoms with E-state index in [1.54, 1.807) is 7.05 Å². The Balaban J connectivity index is 2.44. The molecule has 1 aliphatic heterocycles. The van der Waals surface area contributed by atoms with Crippen LogP contribution in [-0.2, 0) is 14.3 Å². The maximum atomic E-state index is 11.6. The van der Waals surface area contributed by atoms with Crippen molar-refractivity contribution < 1.29 is 14.3 Å². The number of hydrogen-bond acceptors (Lipinski definition) is 5. The van der Waals surface area contributed by atoms with Crippen LogP contribution in [0.2, 0.25) is 0 Å². The molecule has 0 saturated carbocycles. The van der Waals surface area contributed by atoms with Crippen molar-refractivity contribution in [2.45, 2.75) is 25.9 Å². The summed E-state index contributed by atoms with van der Waals surface area (Å²) >= 11 is 0. The summed E-state index contributed by atoms with van der Waals surface area (Å²) in [5.41, 5.74) is 0. The van der Waals surface area contributed by atoms with E-state index in [4.69, 9.17) is 9.47 Å². The van der Waals surface area contributed by atoms with Crippen LogP contribution in [0.1, 0.15) is 13.8 Å². The summed E-state index contributed by atoms with van der Waals surface area (Å²) in [6.45, 7) is 7.39. The summed E-state index contributed by atoms with van der Waals surface area (Å²) < 4.78 is 10.4. The predicted octanol–water partition coefficient (Wildman–Crippen LogP) is -0.142. The molecule has 0 bridgehead atoms. The number of likely N-dealkylation sites (N-methyl/N-ethyl adjacent to an activating group) is 1. The Morgan fingerprint density at radius 1 is 1.69 bits per heavy atom. The molecular weight excluding hydrogens is 208 g/mol. The summed E-state index contributed by atoms with van der Waals surface area (Å²) in [7, 11) is 1.78. The molecule has 0 spiro atoms. The highest BCUT2D eigenvalue weighted by molar-refractivity contribution is 5.76. The van der Waals surface area contributed by atoms with Gasteiger partial charge in [-0.3, -0.25) is 9.69 Å². The van der Waals surface area contributed by atoms with E-state index < -0.39 is 0 Å². The fourth-order valence-corrected chi connectivity index (χ4v) is 1.79. The topological polar surface area (TPSA) is 50.8 Å². The molecule has 0 radical (unpaired) electrons. The summed E-state index contributed by atoms with van der Waals surface area (Å²) in [5, 5.41) is 3.00. The lowest BCUT2D eigenvalue weighted by Crippen LogP contribution is -2.52. The Morgan fingerprint density at radius 3 is 3.00 bits per heavy atom. The van der Waals surface area contributed by atoms with Crippen molar-refractivity contribution >= 4 is 5.97 Å². The van der Waals surface area contributed by atoms with Gasteiger partial charge >= 0.3 is 5.97 Å². The first-order valence-corrected chi connectivity index (χ1v) is 5.84. The molecule has 0 aromatic heterocycles. The van der Waals surface area contributed by atoms with Gasteiger partial charge in [0, 0.05) is 19.1 Å². The molecule has 1 aliphatic rings. The second-order valence-corrected chi connectivity index (χ2v) is 4.01. The van der Waals surface area contributed by atoms with Gasteiger partial charge in [-0.15, -0.1) is 0 Å². The molecule has 0 aromatic rings. The number of carbonyl (C=O) groups excluding carboxylic acids is 1. The average Bonchev–Trinajstić information content (AvgIpc) is 2.28. The highest BCUT2D eigenvalue weighted by Crippen LogP contribution is 2.07. The van der Waals surface area contributed by atoms with Crippen molar-refractivity contribution in [2.24, 2.45) is 0 Å². The first kappa shape index (κ1) is 13.4. The molecule has 2 atom stereocenters. The van der Waals surface area contributed by atoms with Gasteiger partial charge < -0.3 is 14.8 Å². The van der Waals surface area contributed by atoms with Crippen molar-refractivity contribution in [3.63, 3.8) is 0 Å². The van der Waals surface area contributed by atoms with Crippen molar-refractivity contribution in [3.05, 3.63) is 0 Å². The minimum atomic E-state index is -0.250. The van der Waals surface area contributed by atoms with E-state index in [-0.39, 0.29) is 12.0 Å². The minimum absolute atomic E-state index is 0.177. The van der Waals surface area contributed by atoms with Crippen molar-refractivity contribution in [1.29, 1.82) is 0 Å². The molecule has 16 heavy (non-hydrogen) atoms. The molecule has 94 valence electrons. The Labute approximate surface area is 97.1 Å². The number of carbonyl (C=O) groups is 1. The third-order valence-corrected chi connectivity index (χ3v) is 2.84. The number of morpholine rings is 1. The lowest BCUT2D eigenvalue weighted by atomic mass is 10.2. The lowest BCUT2D eigenvalue weighted by molar-refractivity contribution is -0.146. The third-order valence-electron chi connectivity index (χ3n) is 2.84. The second kappa shape index (κ2) is 6.83. The van der Waals surface area contributed by atoms with E-state index in [1.165, 1.54) is 0 Å². The Kier molecular flexibility index (Phi) is 5.73. The SMILES string of the molecule is CCOC(=O)C(CN1CCOCC1C)NC. The number of rotatable bonds is 5. The molecule has 0 aromatic carbocycles. The Morgan fingerprint density at radius 2 is 2.44 bits per heavy atom. The largest absolute Gasteiger partial charge is 0.465 e. The van der Waals surface area contributed by atoms with Crippen molar-refractivity contribution in [2.75, 3.05) is 40.0 Å². The lowest BCUT2D eigenvalue weighted by Gasteiger charge is -2.35. The molecule has 5 heteroatoms. The first-order chi connectivity index (χ1) is 7.69. The molecule has 2 unspecified atom stereocenters. The molecule has 5 nitrogen and oxygen atoms in total. The molecular formula is C11H22N2O3. The number of ether oxygens (including phenoxy) is 2. The summed E-state index contributed by atoms with van der Waals surface area (Å²) in [4.78, 5) is 13.9. The van der Waals surface area contributed by atoms with Crippen LogP contribution in [-0.4, -0.2) is 62.9 Å². The van der Waals surface area contributed by atoms with Gasteiger partial charge in [-0.1, -0.05) is 0 Å². The van der Waals surface area contributed by atoms with Crippen LogP contribution in [0.4, 0.5) is 0 Å². The van der Waals surface area contributed by atoms with Crippen LogP contribution in [0.15, 0.2) is 0 Å². The second-order valence-electron chi connectivity index (χ2n) is 4.01. The Hall–Kier alpha value is -0.650. The highest BCUT2D eigenvalue weighted by atomic mass is 16.5. The van der Waals surface area contributed by atoms with Crippen LogP contribution < -0.4 is 5.32 Å². The summed E-state index contributed by atoms with van der Waals surface area (Å²) in [5.74, 6) is -0.177. The van der Waals surface area contributed by atoms with E-state index in [2.05, 4.69) is 17.1 Å². The fraction of sp³-hybridized carbons (Fsp3) is 0.909. The smallest absolute Gasteiger partial charge is 0.324 e. The monoisotopic (exact) mass is 230 g/mol. The van der Waals surface area contributed by atoms with Gasteiger partial charge in [0.1, 0.15) is 6.04 Å². The van der Waals surface area contributed by atoms with E-state index in [0.717, 1.165) is 19.8 Å². The van der Waals surface area contributed by atoms with Crippen LogP contribution >= 0.6 is 0 Å². The van der Waals surface area contributed by atoms with Gasteiger partial charge in [-0.2, -0.15) is 0 Å². The zero-order valence-electron chi connectivity index (χ0n) is 10.4. The van der Waals surface area contributed by atoms with Crippen LogP contribution in [0.5, 0.6) is 0 Å². The van der Waals surface area contributed by atoms with Gasteiger partial charge in [0.2, 0.25) is 0 Å². The summed E-state index contributed by atoms with van der Waals surface area (Å²) in [6, 6.07) is 0.111. The van der Waals surface area contributed by atoms with Crippen LogP contribution in [0.25, 0.3) is 0 Å².